The molecule has 0 saturated carbocycles. The third kappa shape index (κ3) is 3.07. The van der Waals surface area contributed by atoms with Crippen molar-refractivity contribution in [3.8, 4) is 0 Å². The Labute approximate surface area is 118 Å². The Hall–Kier alpha value is -2.11. The molecule has 1 aromatic heterocycles. The lowest BCUT2D eigenvalue weighted by Crippen LogP contribution is -2.37. The van der Waals surface area contributed by atoms with Crippen molar-refractivity contribution in [2.75, 3.05) is 31.6 Å². The van der Waals surface area contributed by atoms with Crippen LogP contribution in [0, 0.1) is 6.92 Å². The van der Waals surface area contributed by atoms with E-state index < -0.39 is 5.97 Å². The monoisotopic (exact) mass is 277 g/mol. The Balaban J connectivity index is 2.05. The van der Waals surface area contributed by atoms with E-state index in [0.717, 1.165) is 25.9 Å². The van der Waals surface area contributed by atoms with Crippen LogP contribution in [0.5, 0.6) is 0 Å². The fourth-order valence-electron chi connectivity index (χ4n) is 2.34. The van der Waals surface area contributed by atoms with E-state index in [1.807, 2.05) is 4.90 Å². The quantitative estimate of drug-likeness (QED) is 0.893. The number of aryl methyl sites for hydroxylation is 1. The molecule has 0 atom stereocenters. The maximum absolute atomic E-state index is 12.1. The molecule has 1 aliphatic rings. The number of aromatic carboxylic acids is 1. The number of likely N-dealkylation sites (tertiary alicyclic amines) is 1. The summed E-state index contributed by atoms with van der Waals surface area (Å²) >= 11 is 0. The lowest BCUT2D eigenvalue weighted by atomic mass is 10.2. The highest BCUT2D eigenvalue weighted by atomic mass is 16.4. The number of carbonyl (C=O) groups is 2. The molecule has 0 bridgehead atoms. The van der Waals surface area contributed by atoms with Crippen LogP contribution in [0.1, 0.15) is 28.9 Å². The number of pyridine rings is 1. The third-order valence-corrected chi connectivity index (χ3v) is 3.52. The summed E-state index contributed by atoms with van der Waals surface area (Å²) in [7, 11) is 1.79. The van der Waals surface area contributed by atoms with Crippen molar-refractivity contribution in [3.63, 3.8) is 0 Å². The van der Waals surface area contributed by atoms with Crippen molar-refractivity contribution in [1.29, 1.82) is 0 Å². The lowest BCUT2D eigenvalue weighted by Gasteiger charge is -2.22. The third-order valence-electron chi connectivity index (χ3n) is 3.52. The van der Waals surface area contributed by atoms with Gasteiger partial charge in [0.15, 0.2) is 0 Å². The van der Waals surface area contributed by atoms with Crippen LogP contribution < -0.4 is 4.90 Å². The van der Waals surface area contributed by atoms with E-state index in [1.54, 1.807) is 24.9 Å². The zero-order valence-corrected chi connectivity index (χ0v) is 11.8. The number of rotatable bonds is 4. The number of anilines is 1. The zero-order valence-electron chi connectivity index (χ0n) is 11.8. The highest BCUT2D eigenvalue weighted by Gasteiger charge is 2.20. The molecule has 6 heteroatoms. The molecule has 20 heavy (non-hydrogen) atoms. The first kappa shape index (κ1) is 14.3. The standard InChI is InChI=1S/C14H19N3O3/c1-10-11(14(19)20)5-6-12(15-10)16(2)9-13(18)17-7-3-4-8-17/h5-6H,3-4,7-9H2,1-2H3,(H,19,20). The molecule has 0 unspecified atom stereocenters. The molecule has 1 fully saturated rings. The second kappa shape index (κ2) is 5.90. The molecule has 1 saturated heterocycles. The van der Waals surface area contributed by atoms with Crippen LogP contribution in [0.15, 0.2) is 12.1 Å². The molecule has 2 rings (SSSR count). The van der Waals surface area contributed by atoms with Crippen molar-refractivity contribution < 1.29 is 14.7 Å². The van der Waals surface area contributed by atoms with Gasteiger partial charge in [-0.3, -0.25) is 4.79 Å². The molecule has 1 aliphatic heterocycles. The van der Waals surface area contributed by atoms with Gasteiger partial charge in [0.2, 0.25) is 5.91 Å². The van der Waals surface area contributed by atoms with Crippen LogP contribution >= 0.6 is 0 Å². The van der Waals surface area contributed by atoms with Gasteiger partial charge in [0.05, 0.1) is 17.8 Å². The van der Waals surface area contributed by atoms with Crippen LogP contribution in [-0.4, -0.2) is 53.5 Å². The molecule has 0 aliphatic carbocycles. The fourth-order valence-corrected chi connectivity index (χ4v) is 2.34. The summed E-state index contributed by atoms with van der Waals surface area (Å²) in [5, 5.41) is 8.97. The predicted octanol–water partition coefficient (Wildman–Crippen LogP) is 1.15. The number of likely N-dealkylation sites (N-methyl/N-ethyl adjacent to an activating group) is 1. The number of carboxylic acids is 1. The maximum atomic E-state index is 12.1. The lowest BCUT2D eigenvalue weighted by molar-refractivity contribution is -0.128. The molecule has 1 aromatic rings. The second-order valence-corrected chi connectivity index (χ2v) is 5.05. The van der Waals surface area contributed by atoms with Crippen molar-refractivity contribution in [1.82, 2.24) is 9.88 Å². The number of aromatic nitrogens is 1. The van der Waals surface area contributed by atoms with Crippen LogP contribution in [0.3, 0.4) is 0 Å². The number of carbonyl (C=O) groups excluding carboxylic acids is 1. The van der Waals surface area contributed by atoms with E-state index in [4.69, 9.17) is 5.11 Å². The smallest absolute Gasteiger partial charge is 0.337 e. The van der Waals surface area contributed by atoms with E-state index in [2.05, 4.69) is 4.98 Å². The van der Waals surface area contributed by atoms with Gasteiger partial charge in [-0.1, -0.05) is 0 Å². The minimum atomic E-state index is -0.989. The van der Waals surface area contributed by atoms with E-state index in [-0.39, 0.29) is 18.0 Å². The molecule has 6 nitrogen and oxygen atoms in total. The van der Waals surface area contributed by atoms with Gasteiger partial charge < -0.3 is 14.9 Å². The van der Waals surface area contributed by atoms with Crippen molar-refractivity contribution >= 4 is 17.7 Å². The summed E-state index contributed by atoms with van der Waals surface area (Å²) in [5.41, 5.74) is 0.642. The Kier molecular flexibility index (Phi) is 4.22. The number of amides is 1. The van der Waals surface area contributed by atoms with Gasteiger partial charge >= 0.3 is 5.97 Å². The Bertz CT molecular complexity index is 524. The van der Waals surface area contributed by atoms with Gasteiger partial charge in [-0.25, -0.2) is 9.78 Å². The van der Waals surface area contributed by atoms with E-state index in [9.17, 15) is 9.59 Å². The summed E-state index contributed by atoms with van der Waals surface area (Å²) in [6.07, 6.45) is 2.14. The molecule has 0 spiro atoms. The van der Waals surface area contributed by atoms with E-state index >= 15 is 0 Å². The molecule has 2 heterocycles. The molecular weight excluding hydrogens is 258 g/mol. The average Bonchev–Trinajstić information content (AvgIpc) is 2.91. The Morgan fingerprint density at radius 1 is 1.35 bits per heavy atom. The highest BCUT2D eigenvalue weighted by Crippen LogP contribution is 2.15. The predicted molar refractivity (Wildman–Crippen MR) is 75.0 cm³/mol. The first-order valence-corrected chi connectivity index (χ1v) is 6.69. The van der Waals surface area contributed by atoms with Crippen LogP contribution in [0.25, 0.3) is 0 Å². The normalized spacial score (nSPS) is 14.4. The molecular formula is C14H19N3O3. The highest BCUT2D eigenvalue weighted by molar-refractivity contribution is 5.89. The van der Waals surface area contributed by atoms with Crippen molar-refractivity contribution in [2.24, 2.45) is 0 Å². The van der Waals surface area contributed by atoms with Gasteiger partial charge in [-0.05, 0) is 31.9 Å². The number of nitrogens with zero attached hydrogens (tertiary/aromatic N) is 3. The Morgan fingerprint density at radius 3 is 2.55 bits per heavy atom. The SMILES string of the molecule is Cc1nc(N(C)CC(=O)N2CCCC2)ccc1C(=O)O. The van der Waals surface area contributed by atoms with Crippen LogP contribution in [0.2, 0.25) is 0 Å². The first-order valence-electron chi connectivity index (χ1n) is 6.69. The van der Waals surface area contributed by atoms with Gasteiger partial charge in [-0.2, -0.15) is 0 Å². The minimum Gasteiger partial charge on any atom is -0.478 e. The Morgan fingerprint density at radius 2 is 2.00 bits per heavy atom. The maximum Gasteiger partial charge on any atom is 0.337 e. The summed E-state index contributed by atoms with van der Waals surface area (Å²) in [6.45, 7) is 3.58. The van der Waals surface area contributed by atoms with Crippen LogP contribution in [-0.2, 0) is 4.79 Å². The summed E-state index contributed by atoms with van der Waals surface area (Å²) in [5.74, 6) is -0.288. The molecule has 0 aromatic carbocycles. The molecule has 108 valence electrons. The van der Waals surface area contributed by atoms with Gasteiger partial charge in [0.25, 0.3) is 0 Å². The topological polar surface area (TPSA) is 73.7 Å². The summed E-state index contributed by atoms with van der Waals surface area (Å²) < 4.78 is 0. The van der Waals surface area contributed by atoms with Gasteiger partial charge in [0, 0.05) is 20.1 Å². The first-order chi connectivity index (χ1) is 9.49. The van der Waals surface area contributed by atoms with Crippen LogP contribution in [0.4, 0.5) is 5.82 Å². The average molecular weight is 277 g/mol. The molecule has 0 radical (unpaired) electrons. The van der Waals surface area contributed by atoms with E-state index in [0.29, 0.717) is 11.5 Å². The number of carboxylic acid groups (broad SMARTS) is 1. The molecule has 1 amide bonds. The van der Waals surface area contributed by atoms with Gasteiger partial charge in [0.1, 0.15) is 5.82 Å². The fraction of sp³-hybridized carbons (Fsp3) is 0.500. The zero-order chi connectivity index (χ0) is 14.7. The van der Waals surface area contributed by atoms with Crippen molar-refractivity contribution in [2.45, 2.75) is 19.8 Å². The number of hydrogen-bond acceptors (Lipinski definition) is 4. The second-order valence-electron chi connectivity index (χ2n) is 5.05. The largest absolute Gasteiger partial charge is 0.478 e. The summed E-state index contributed by atoms with van der Waals surface area (Å²) in [4.78, 5) is 30.8. The van der Waals surface area contributed by atoms with E-state index in [1.165, 1.54) is 6.07 Å². The number of hydrogen-bond donors (Lipinski definition) is 1. The minimum absolute atomic E-state index is 0.0896. The van der Waals surface area contributed by atoms with Gasteiger partial charge in [-0.15, -0.1) is 0 Å². The molecule has 1 N–H and O–H groups in total. The van der Waals surface area contributed by atoms with Crippen molar-refractivity contribution in [3.05, 3.63) is 23.4 Å². The summed E-state index contributed by atoms with van der Waals surface area (Å²) in [6, 6.07) is 3.16.